The van der Waals surface area contributed by atoms with E-state index in [9.17, 15) is 4.79 Å². The number of methoxy groups -OCH3 is 2. The second-order valence-electron chi connectivity index (χ2n) is 8.65. The van der Waals surface area contributed by atoms with Crippen LogP contribution in [0.5, 0.6) is 11.5 Å². The Hall–Kier alpha value is -4.70. The molecular weight excluding hydrogens is 512 g/mol. The van der Waals surface area contributed by atoms with E-state index in [1.54, 1.807) is 38.5 Å². The van der Waals surface area contributed by atoms with Crippen LogP contribution in [0.2, 0.25) is 0 Å². The van der Waals surface area contributed by atoms with Crippen molar-refractivity contribution < 1.29 is 14.3 Å². The molecular formula is C29H28N6O3S. The number of hydrogen-bond donors (Lipinski definition) is 3. The molecule has 39 heavy (non-hydrogen) atoms. The van der Waals surface area contributed by atoms with Crippen LogP contribution in [0.25, 0.3) is 5.52 Å². The number of thioether (sulfide) groups is 1. The summed E-state index contributed by atoms with van der Waals surface area (Å²) in [6.07, 6.45) is 1.90. The largest absolute Gasteiger partial charge is 0.493 e. The molecule has 0 aliphatic rings. The normalized spacial score (nSPS) is 10.8. The summed E-state index contributed by atoms with van der Waals surface area (Å²) in [4.78, 5) is 17.4. The summed E-state index contributed by atoms with van der Waals surface area (Å²) < 4.78 is 12.6. The highest BCUT2D eigenvalue weighted by molar-refractivity contribution is 7.98. The Balaban J connectivity index is 1.24. The SMILES string of the molecule is COc1ccc(CNc2nc(SCc3ccc(C(=O)Nc4ccccc4N)cc3)nn3cccc23)cc1OC. The van der Waals surface area contributed by atoms with Crippen molar-refractivity contribution in [3.63, 3.8) is 0 Å². The van der Waals surface area contributed by atoms with Crippen LogP contribution >= 0.6 is 11.8 Å². The lowest BCUT2D eigenvalue weighted by molar-refractivity contribution is 0.102. The number of ether oxygens (including phenoxy) is 2. The molecule has 9 nitrogen and oxygen atoms in total. The van der Waals surface area contributed by atoms with Gasteiger partial charge in [-0.2, -0.15) is 0 Å². The first-order valence-electron chi connectivity index (χ1n) is 12.2. The Labute approximate surface area is 230 Å². The zero-order valence-corrected chi connectivity index (χ0v) is 22.4. The predicted octanol–water partition coefficient (Wildman–Crippen LogP) is 5.49. The summed E-state index contributed by atoms with van der Waals surface area (Å²) in [6.45, 7) is 0.556. The lowest BCUT2D eigenvalue weighted by Crippen LogP contribution is -2.13. The summed E-state index contributed by atoms with van der Waals surface area (Å²) in [5.74, 6) is 2.54. The van der Waals surface area contributed by atoms with Crippen molar-refractivity contribution in [1.29, 1.82) is 0 Å². The molecule has 0 spiro atoms. The van der Waals surface area contributed by atoms with Gasteiger partial charge in [-0.1, -0.05) is 42.1 Å². The molecule has 3 aromatic carbocycles. The van der Waals surface area contributed by atoms with Gasteiger partial charge in [0.05, 0.1) is 25.6 Å². The maximum atomic E-state index is 12.6. The number of para-hydroxylation sites is 2. The smallest absolute Gasteiger partial charge is 0.255 e. The molecule has 0 fully saturated rings. The van der Waals surface area contributed by atoms with Crippen molar-refractivity contribution >= 4 is 40.4 Å². The molecule has 0 aliphatic heterocycles. The van der Waals surface area contributed by atoms with E-state index in [-0.39, 0.29) is 5.91 Å². The molecule has 0 unspecified atom stereocenters. The fourth-order valence-electron chi connectivity index (χ4n) is 3.99. The summed E-state index contributed by atoms with van der Waals surface area (Å²) in [5.41, 5.74) is 10.6. The monoisotopic (exact) mass is 540 g/mol. The molecule has 0 bridgehead atoms. The van der Waals surface area contributed by atoms with Gasteiger partial charge in [0, 0.05) is 24.1 Å². The van der Waals surface area contributed by atoms with Gasteiger partial charge >= 0.3 is 0 Å². The summed E-state index contributed by atoms with van der Waals surface area (Å²) in [5, 5.41) is 11.5. The fraction of sp³-hybridized carbons (Fsp3) is 0.138. The summed E-state index contributed by atoms with van der Waals surface area (Å²) >= 11 is 1.52. The van der Waals surface area contributed by atoms with Gasteiger partial charge in [0.1, 0.15) is 5.52 Å². The number of nitrogens with one attached hydrogen (secondary N) is 2. The van der Waals surface area contributed by atoms with Crippen molar-refractivity contribution in [3.8, 4) is 11.5 Å². The molecule has 0 atom stereocenters. The third-order valence-corrected chi connectivity index (χ3v) is 6.98. The van der Waals surface area contributed by atoms with Crippen LogP contribution in [0.4, 0.5) is 17.2 Å². The molecule has 10 heteroatoms. The number of benzene rings is 3. The van der Waals surface area contributed by atoms with Gasteiger partial charge in [-0.3, -0.25) is 4.79 Å². The number of rotatable bonds is 10. The van der Waals surface area contributed by atoms with Gasteiger partial charge in [0.2, 0.25) is 5.16 Å². The Morgan fingerprint density at radius 3 is 2.49 bits per heavy atom. The van der Waals surface area contributed by atoms with E-state index in [4.69, 9.17) is 20.2 Å². The number of aromatic nitrogens is 3. The zero-order valence-electron chi connectivity index (χ0n) is 21.5. The highest BCUT2D eigenvalue weighted by Gasteiger charge is 2.11. The summed E-state index contributed by atoms with van der Waals surface area (Å²) in [6, 6.07) is 24.4. The number of nitrogen functional groups attached to an aromatic ring is 1. The number of hydrogen-bond acceptors (Lipinski definition) is 8. The lowest BCUT2D eigenvalue weighted by Gasteiger charge is -2.12. The zero-order chi connectivity index (χ0) is 27.2. The van der Waals surface area contributed by atoms with Crippen LogP contribution in [0.1, 0.15) is 21.5 Å². The molecule has 4 N–H and O–H groups in total. The number of nitrogens with two attached hydrogens (primary N) is 1. The minimum absolute atomic E-state index is 0.210. The van der Waals surface area contributed by atoms with E-state index in [2.05, 4.69) is 15.7 Å². The number of amides is 1. The molecule has 0 saturated heterocycles. The quantitative estimate of drug-likeness (QED) is 0.157. The third-order valence-electron chi connectivity index (χ3n) is 6.07. The van der Waals surface area contributed by atoms with Crippen molar-refractivity contribution in [2.45, 2.75) is 17.5 Å². The van der Waals surface area contributed by atoms with Crippen LogP contribution < -0.4 is 25.8 Å². The van der Waals surface area contributed by atoms with Crippen LogP contribution in [0, 0.1) is 0 Å². The Bertz CT molecular complexity index is 1600. The number of carbonyl (C=O) groups excluding carboxylic acids is 1. The van der Waals surface area contributed by atoms with E-state index in [1.165, 1.54) is 11.8 Å². The van der Waals surface area contributed by atoms with Gasteiger partial charge in [-0.15, -0.1) is 5.10 Å². The Morgan fingerprint density at radius 1 is 0.949 bits per heavy atom. The molecule has 5 aromatic rings. The third kappa shape index (κ3) is 6.07. The molecule has 0 radical (unpaired) electrons. The maximum Gasteiger partial charge on any atom is 0.255 e. The molecule has 198 valence electrons. The minimum atomic E-state index is -0.210. The molecule has 0 aliphatic carbocycles. The van der Waals surface area contributed by atoms with E-state index in [0.717, 1.165) is 22.5 Å². The van der Waals surface area contributed by atoms with E-state index in [0.29, 0.717) is 45.9 Å². The van der Waals surface area contributed by atoms with Crippen molar-refractivity contribution in [3.05, 3.63) is 102 Å². The lowest BCUT2D eigenvalue weighted by atomic mass is 10.1. The molecule has 5 rings (SSSR count). The first-order valence-corrected chi connectivity index (χ1v) is 13.2. The first kappa shape index (κ1) is 25.9. The van der Waals surface area contributed by atoms with E-state index in [1.807, 2.05) is 65.3 Å². The van der Waals surface area contributed by atoms with Crippen LogP contribution in [0.3, 0.4) is 0 Å². The highest BCUT2D eigenvalue weighted by atomic mass is 32.2. The molecule has 2 aromatic heterocycles. The maximum absolute atomic E-state index is 12.6. The van der Waals surface area contributed by atoms with Crippen LogP contribution in [0.15, 0.2) is 90.2 Å². The average molecular weight is 541 g/mol. The van der Waals surface area contributed by atoms with Crippen LogP contribution in [-0.2, 0) is 12.3 Å². The Morgan fingerprint density at radius 2 is 1.72 bits per heavy atom. The van der Waals surface area contributed by atoms with E-state index >= 15 is 0 Å². The number of anilines is 3. The highest BCUT2D eigenvalue weighted by Crippen LogP contribution is 2.29. The molecule has 2 heterocycles. The molecule has 0 saturated carbocycles. The minimum Gasteiger partial charge on any atom is -0.493 e. The summed E-state index contributed by atoms with van der Waals surface area (Å²) in [7, 11) is 3.24. The van der Waals surface area contributed by atoms with Crippen molar-refractivity contribution in [2.24, 2.45) is 0 Å². The van der Waals surface area contributed by atoms with Gasteiger partial charge in [0.15, 0.2) is 17.3 Å². The van der Waals surface area contributed by atoms with Gasteiger partial charge in [-0.25, -0.2) is 9.50 Å². The fourth-order valence-corrected chi connectivity index (χ4v) is 4.78. The molecule has 1 amide bonds. The predicted molar refractivity (Wildman–Crippen MR) is 155 cm³/mol. The first-order chi connectivity index (χ1) is 19.0. The topological polar surface area (TPSA) is 116 Å². The van der Waals surface area contributed by atoms with Crippen molar-refractivity contribution in [2.75, 3.05) is 30.6 Å². The number of nitrogens with zero attached hydrogens (tertiary/aromatic N) is 3. The van der Waals surface area contributed by atoms with Gasteiger partial charge in [-0.05, 0) is 59.7 Å². The second-order valence-corrected chi connectivity index (χ2v) is 9.59. The second kappa shape index (κ2) is 11.8. The number of carbonyl (C=O) groups is 1. The van der Waals surface area contributed by atoms with Gasteiger partial charge in [0.25, 0.3) is 5.91 Å². The average Bonchev–Trinajstić information content (AvgIpc) is 3.45. The standard InChI is InChI=1S/C29H28N6O3S/c1-37-25-14-11-20(16-26(25)38-2)17-31-27-24-8-5-15-35(24)34-29(33-27)39-18-19-9-12-21(13-10-19)28(36)32-23-7-4-3-6-22(23)30/h3-16H,17-18,30H2,1-2H3,(H,32,36)(H,31,33,34). The van der Waals surface area contributed by atoms with Crippen LogP contribution in [-0.4, -0.2) is 34.7 Å². The van der Waals surface area contributed by atoms with Crippen molar-refractivity contribution in [1.82, 2.24) is 14.6 Å². The number of fused-ring (bicyclic) bond motifs is 1. The Kier molecular flexibility index (Phi) is 7.83. The van der Waals surface area contributed by atoms with E-state index < -0.39 is 0 Å². The van der Waals surface area contributed by atoms with Gasteiger partial charge < -0.3 is 25.8 Å².